The Morgan fingerprint density at radius 1 is 1.05 bits per heavy atom. The molecule has 0 spiro atoms. The molecule has 2 aliphatic rings. The number of nitrogens with zero attached hydrogens (tertiary/aromatic N) is 1. The molecular weight excluding hydrogens is 272 g/mol. The summed E-state index contributed by atoms with van der Waals surface area (Å²) in [6.07, 6.45) is 0. The predicted octanol–water partition coefficient (Wildman–Crippen LogP) is 4.48. The summed E-state index contributed by atoms with van der Waals surface area (Å²) in [5, 5.41) is 2.64. The molecule has 0 radical (unpaired) electrons. The quantitative estimate of drug-likeness (QED) is 0.559. The van der Waals surface area contributed by atoms with E-state index < -0.39 is 0 Å². The Bertz CT molecular complexity index is 913. The summed E-state index contributed by atoms with van der Waals surface area (Å²) in [6, 6.07) is 13.8. The number of H-pyrrole nitrogens is 1. The van der Waals surface area contributed by atoms with Crippen LogP contribution in [0.5, 0.6) is 5.75 Å². The Morgan fingerprint density at radius 2 is 1.85 bits per heavy atom. The lowest BCUT2D eigenvalue weighted by Gasteiger charge is -2.10. The van der Waals surface area contributed by atoms with Gasteiger partial charge < -0.3 is 9.72 Å². The highest BCUT2D eigenvalue weighted by Gasteiger charge is 2.19. The van der Waals surface area contributed by atoms with Crippen molar-refractivity contribution in [1.82, 2.24) is 9.97 Å². The minimum absolute atomic E-state index is 0.656. The second-order valence-electron chi connectivity index (χ2n) is 4.67. The van der Waals surface area contributed by atoms with Crippen LogP contribution in [0.15, 0.2) is 42.5 Å². The number of nitrogens with one attached hydrogen (secondary N) is 1. The Hall–Kier alpha value is -2.26. The third kappa shape index (κ3) is 1.44. The number of para-hydroxylation sites is 2. The van der Waals surface area contributed by atoms with Crippen molar-refractivity contribution in [1.29, 1.82) is 0 Å². The van der Waals surface area contributed by atoms with Crippen LogP contribution in [0.4, 0.5) is 0 Å². The first kappa shape index (κ1) is 11.6. The van der Waals surface area contributed by atoms with Gasteiger partial charge in [-0.1, -0.05) is 41.9 Å². The van der Waals surface area contributed by atoms with E-state index in [2.05, 4.69) is 9.97 Å². The van der Waals surface area contributed by atoms with E-state index >= 15 is 0 Å². The molecule has 4 heteroatoms. The first-order valence-corrected chi connectivity index (χ1v) is 6.70. The lowest BCUT2D eigenvalue weighted by molar-refractivity contribution is 0.419. The monoisotopic (exact) mass is 282 g/mol. The fraction of sp³-hybridized carbons (Fsp3) is 0.0625. The number of hydrogen-bond acceptors (Lipinski definition) is 2. The molecule has 0 saturated carbocycles. The Labute approximate surface area is 120 Å². The maximum atomic E-state index is 6.54. The topological polar surface area (TPSA) is 37.9 Å². The first-order chi connectivity index (χ1) is 9.79. The van der Waals surface area contributed by atoms with Crippen LogP contribution in [0.3, 0.4) is 0 Å². The molecule has 2 aromatic rings. The van der Waals surface area contributed by atoms with Crippen LogP contribution in [0.1, 0.15) is 0 Å². The van der Waals surface area contributed by atoms with Gasteiger partial charge in [-0.25, -0.2) is 4.98 Å². The zero-order valence-electron chi connectivity index (χ0n) is 10.8. The van der Waals surface area contributed by atoms with Crippen LogP contribution in [0.2, 0.25) is 5.02 Å². The molecule has 2 heterocycles. The van der Waals surface area contributed by atoms with Gasteiger partial charge in [0.1, 0.15) is 11.4 Å². The Morgan fingerprint density at radius 3 is 2.70 bits per heavy atom. The van der Waals surface area contributed by atoms with Crippen molar-refractivity contribution < 1.29 is 4.74 Å². The number of pyridine rings is 1. The first-order valence-electron chi connectivity index (χ1n) is 6.32. The number of methoxy groups -OCH3 is 1. The van der Waals surface area contributed by atoms with Gasteiger partial charge in [0.25, 0.3) is 0 Å². The SMILES string of the molecule is COc1cccc2c(Cl)c3nc4ccccc4c-3[nH]c12. The zero-order chi connectivity index (χ0) is 13.7. The molecule has 0 saturated heterocycles. The molecule has 0 unspecified atom stereocenters. The molecular formula is C16H11ClN2O. The number of hydrogen-bond donors (Lipinski definition) is 1. The molecule has 3 nitrogen and oxygen atoms in total. The standard InChI is InChI=1S/C16H11ClN2O/c1-20-12-8-4-6-10-13(17)16-15(19-14(10)12)9-5-2-3-7-11(9)18-16/h2-8,19H,1H3. The van der Waals surface area contributed by atoms with Crippen LogP contribution in [0, 0.1) is 0 Å². The van der Waals surface area contributed by atoms with Gasteiger partial charge in [-0.2, -0.15) is 0 Å². The van der Waals surface area contributed by atoms with Crippen LogP contribution in [0.25, 0.3) is 33.2 Å². The second kappa shape index (κ2) is 4.12. The molecule has 0 amide bonds. The zero-order valence-corrected chi connectivity index (χ0v) is 11.5. The third-order valence-electron chi connectivity index (χ3n) is 3.58. The Balaban J connectivity index is 2.25. The van der Waals surface area contributed by atoms with E-state index in [9.17, 15) is 0 Å². The molecule has 2 aromatic carbocycles. The number of halogens is 1. The summed E-state index contributed by atoms with van der Waals surface area (Å²) in [5.74, 6) is 0.775. The second-order valence-corrected chi connectivity index (χ2v) is 5.05. The van der Waals surface area contributed by atoms with Gasteiger partial charge in [0.05, 0.1) is 28.9 Å². The summed E-state index contributed by atoms with van der Waals surface area (Å²) >= 11 is 6.54. The number of rotatable bonds is 1. The van der Waals surface area contributed by atoms with Crippen molar-refractivity contribution in [3.8, 4) is 17.1 Å². The number of aromatic nitrogens is 2. The van der Waals surface area contributed by atoms with Crippen molar-refractivity contribution in [3.05, 3.63) is 47.5 Å². The van der Waals surface area contributed by atoms with Gasteiger partial charge in [-0.15, -0.1) is 0 Å². The lowest BCUT2D eigenvalue weighted by atomic mass is 10.1. The number of aromatic amines is 1. The predicted molar refractivity (Wildman–Crippen MR) is 81.8 cm³/mol. The average molecular weight is 283 g/mol. The van der Waals surface area contributed by atoms with Gasteiger partial charge in [-0.3, -0.25) is 0 Å². The van der Waals surface area contributed by atoms with Crippen LogP contribution >= 0.6 is 11.6 Å². The number of fused-ring (bicyclic) bond motifs is 4. The van der Waals surface area contributed by atoms with Crippen LogP contribution in [-0.4, -0.2) is 17.1 Å². The number of benzene rings is 2. The summed E-state index contributed by atoms with van der Waals surface area (Å²) in [6.45, 7) is 0. The molecule has 4 rings (SSSR count). The van der Waals surface area contributed by atoms with Gasteiger partial charge in [0.15, 0.2) is 0 Å². The highest BCUT2D eigenvalue weighted by Crippen LogP contribution is 2.40. The van der Waals surface area contributed by atoms with Gasteiger partial charge in [-0.05, 0) is 12.1 Å². The van der Waals surface area contributed by atoms with Crippen LogP contribution < -0.4 is 4.74 Å². The van der Waals surface area contributed by atoms with Crippen molar-refractivity contribution >= 4 is 33.4 Å². The highest BCUT2D eigenvalue weighted by atomic mass is 35.5. The fourth-order valence-electron chi connectivity index (χ4n) is 2.64. The third-order valence-corrected chi connectivity index (χ3v) is 3.97. The highest BCUT2D eigenvalue weighted by molar-refractivity contribution is 6.38. The molecule has 0 bridgehead atoms. The van der Waals surface area contributed by atoms with E-state index in [1.807, 2.05) is 42.5 Å². The molecule has 2 aliphatic heterocycles. The van der Waals surface area contributed by atoms with Crippen molar-refractivity contribution in [2.24, 2.45) is 0 Å². The maximum absolute atomic E-state index is 6.54. The summed E-state index contributed by atoms with van der Waals surface area (Å²) in [7, 11) is 1.65. The van der Waals surface area contributed by atoms with E-state index in [-0.39, 0.29) is 0 Å². The average Bonchev–Trinajstić information content (AvgIpc) is 2.86. The van der Waals surface area contributed by atoms with Gasteiger partial charge in [0, 0.05) is 10.8 Å². The van der Waals surface area contributed by atoms with E-state index in [1.165, 1.54) is 0 Å². The summed E-state index contributed by atoms with van der Waals surface area (Å²) < 4.78 is 5.41. The molecule has 20 heavy (non-hydrogen) atoms. The van der Waals surface area contributed by atoms with Crippen molar-refractivity contribution in [2.75, 3.05) is 7.11 Å². The normalized spacial score (nSPS) is 11.5. The molecule has 0 atom stereocenters. The summed E-state index contributed by atoms with van der Waals surface area (Å²) in [4.78, 5) is 8.04. The van der Waals surface area contributed by atoms with Crippen molar-refractivity contribution in [2.45, 2.75) is 0 Å². The minimum atomic E-state index is 0.656. The molecule has 0 aliphatic carbocycles. The molecule has 98 valence electrons. The minimum Gasteiger partial charge on any atom is -0.495 e. The van der Waals surface area contributed by atoms with E-state index in [4.69, 9.17) is 16.3 Å². The van der Waals surface area contributed by atoms with Crippen molar-refractivity contribution in [3.63, 3.8) is 0 Å². The van der Waals surface area contributed by atoms with E-state index in [0.29, 0.717) is 5.02 Å². The molecule has 0 fully saturated rings. The van der Waals surface area contributed by atoms with Gasteiger partial charge >= 0.3 is 0 Å². The van der Waals surface area contributed by atoms with Gasteiger partial charge in [0.2, 0.25) is 0 Å². The lowest BCUT2D eigenvalue weighted by Crippen LogP contribution is -1.92. The Kier molecular flexibility index (Phi) is 2.38. The van der Waals surface area contributed by atoms with E-state index in [1.54, 1.807) is 7.11 Å². The fourth-order valence-corrected chi connectivity index (χ4v) is 2.93. The number of ether oxygens (including phenoxy) is 1. The maximum Gasteiger partial charge on any atom is 0.142 e. The van der Waals surface area contributed by atoms with E-state index in [0.717, 1.165) is 38.9 Å². The summed E-state index contributed by atoms with van der Waals surface area (Å²) in [5.41, 5.74) is 3.58. The molecule has 1 N–H and O–H groups in total. The smallest absolute Gasteiger partial charge is 0.142 e. The van der Waals surface area contributed by atoms with Crippen LogP contribution in [-0.2, 0) is 0 Å². The molecule has 0 aromatic heterocycles. The largest absolute Gasteiger partial charge is 0.495 e.